The predicted molar refractivity (Wildman–Crippen MR) is 78.2 cm³/mol. The monoisotopic (exact) mass is 326 g/mol. The summed E-state index contributed by atoms with van der Waals surface area (Å²) in [5.74, 6) is 0.338. The van der Waals surface area contributed by atoms with E-state index in [1.807, 2.05) is 0 Å². The van der Waals surface area contributed by atoms with Gasteiger partial charge in [0.05, 0.1) is 20.0 Å². The molecule has 5 N–H and O–H groups in total. The summed E-state index contributed by atoms with van der Waals surface area (Å²) in [5, 5.41) is 30.6. The highest BCUT2D eigenvalue weighted by Crippen LogP contribution is 2.33. The molecule has 3 heterocycles. The maximum atomic E-state index is 10.1. The molecule has 11 heteroatoms. The molecular weight excluding hydrogens is 308 g/mol. The number of rotatable bonds is 4. The molecule has 0 aromatic carbocycles. The van der Waals surface area contributed by atoms with Gasteiger partial charge in [-0.05, 0) is 0 Å². The molecule has 4 atom stereocenters. The second kappa shape index (κ2) is 5.86. The van der Waals surface area contributed by atoms with Crippen LogP contribution in [0.15, 0.2) is 6.33 Å². The predicted octanol–water partition coefficient (Wildman–Crippen LogP) is -1.98. The lowest BCUT2D eigenvalue weighted by molar-refractivity contribution is -0.0511. The SMILES string of the molecule is CON(C)c1nc(N)nc2c1ncn2[C@@H]1O[C@H](CO)[C@@H](O)[C@H]1O. The largest absolute Gasteiger partial charge is 0.394 e. The summed E-state index contributed by atoms with van der Waals surface area (Å²) in [6.07, 6.45) is -2.92. The van der Waals surface area contributed by atoms with Crippen LogP contribution in [0.4, 0.5) is 11.8 Å². The first kappa shape index (κ1) is 15.8. The molecule has 0 amide bonds. The van der Waals surface area contributed by atoms with Crippen molar-refractivity contribution in [2.24, 2.45) is 0 Å². The van der Waals surface area contributed by atoms with Gasteiger partial charge in [-0.25, -0.2) is 10.0 Å². The molecule has 1 saturated heterocycles. The number of aromatic nitrogens is 4. The number of aliphatic hydroxyl groups is 3. The van der Waals surface area contributed by atoms with Gasteiger partial charge in [-0.2, -0.15) is 9.97 Å². The van der Waals surface area contributed by atoms with Crippen molar-refractivity contribution in [2.45, 2.75) is 24.5 Å². The van der Waals surface area contributed by atoms with Crippen LogP contribution in [0, 0.1) is 0 Å². The van der Waals surface area contributed by atoms with Crippen LogP contribution in [0.2, 0.25) is 0 Å². The number of nitrogens with two attached hydrogens (primary N) is 1. The van der Waals surface area contributed by atoms with E-state index in [1.54, 1.807) is 7.05 Å². The topological polar surface area (TPSA) is 152 Å². The Morgan fingerprint density at radius 3 is 2.74 bits per heavy atom. The average Bonchev–Trinajstić information content (AvgIpc) is 3.08. The maximum Gasteiger partial charge on any atom is 0.224 e. The number of anilines is 2. The minimum absolute atomic E-state index is 0.00936. The fraction of sp³-hybridized carbons (Fsp3) is 0.583. The van der Waals surface area contributed by atoms with Gasteiger partial charge in [0.1, 0.15) is 18.3 Å². The number of nitrogens with zero attached hydrogens (tertiary/aromatic N) is 5. The molecule has 1 fully saturated rings. The van der Waals surface area contributed by atoms with Gasteiger partial charge in [0.25, 0.3) is 0 Å². The summed E-state index contributed by atoms with van der Waals surface area (Å²) in [6.45, 7) is -0.420. The number of hydrogen-bond donors (Lipinski definition) is 4. The van der Waals surface area contributed by atoms with E-state index in [0.717, 1.165) is 0 Å². The smallest absolute Gasteiger partial charge is 0.224 e. The van der Waals surface area contributed by atoms with E-state index >= 15 is 0 Å². The molecule has 0 aliphatic carbocycles. The fourth-order valence-corrected chi connectivity index (χ4v) is 2.52. The highest BCUT2D eigenvalue weighted by molar-refractivity contribution is 5.84. The van der Waals surface area contributed by atoms with Crippen molar-refractivity contribution in [1.29, 1.82) is 0 Å². The van der Waals surface area contributed by atoms with Crippen LogP contribution in [-0.4, -0.2) is 73.9 Å². The van der Waals surface area contributed by atoms with E-state index < -0.39 is 31.1 Å². The molecule has 2 aromatic rings. The van der Waals surface area contributed by atoms with Gasteiger partial charge in [0.15, 0.2) is 23.2 Å². The Bertz CT molecular complexity index is 709. The van der Waals surface area contributed by atoms with E-state index in [1.165, 1.54) is 23.1 Å². The van der Waals surface area contributed by atoms with Gasteiger partial charge in [0, 0.05) is 7.05 Å². The molecule has 11 nitrogen and oxygen atoms in total. The van der Waals surface area contributed by atoms with Crippen LogP contribution >= 0.6 is 0 Å². The Balaban J connectivity index is 2.08. The zero-order valence-electron chi connectivity index (χ0n) is 12.6. The number of nitrogen functional groups attached to an aromatic ring is 1. The quantitative estimate of drug-likeness (QED) is 0.465. The standard InChI is InChI=1S/C12H18N6O5/c1-17(22-2)9-6-10(16-12(13)15-9)18(4-14-6)11-8(21)7(20)5(3-19)23-11/h4-5,7-8,11,19-21H,3H2,1-2H3,(H2,13,15,16)/t5-,7-,8-,11-/m1/s1. The van der Waals surface area contributed by atoms with E-state index in [9.17, 15) is 15.3 Å². The van der Waals surface area contributed by atoms with E-state index in [0.29, 0.717) is 17.0 Å². The zero-order chi connectivity index (χ0) is 16.7. The third-order valence-corrected chi connectivity index (χ3v) is 3.78. The molecule has 0 spiro atoms. The lowest BCUT2D eigenvalue weighted by atomic mass is 10.1. The van der Waals surface area contributed by atoms with Crippen molar-refractivity contribution in [3.05, 3.63) is 6.33 Å². The van der Waals surface area contributed by atoms with Crippen molar-refractivity contribution < 1.29 is 24.9 Å². The number of hydroxylamine groups is 1. The first-order valence-electron chi connectivity index (χ1n) is 6.88. The third-order valence-electron chi connectivity index (χ3n) is 3.78. The first-order chi connectivity index (χ1) is 11.0. The molecule has 0 radical (unpaired) electrons. The summed E-state index contributed by atoms with van der Waals surface area (Å²) in [6, 6.07) is 0. The van der Waals surface area contributed by atoms with Gasteiger partial charge in [-0.1, -0.05) is 0 Å². The number of imidazole rings is 1. The molecule has 0 saturated carbocycles. The highest BCUT2D eigenvalue weighted by atomic mass is 16.7. The zero-order valence-corrected chi connectivity index (χ0v) is 12.6. The Morgan fingerprint density at radius 2 is 2.13 bits per heavy atom. The van der Waals surface area contributed by atoms with Crippen LogP contribution < -0.4 is 10.8 Å². The van der Waals surface area contributed by atoms with Crippen LogP contribution in [0.25, 0.3) is 11.2 Å². The molecule has 126 valence electrons. The van der Waals surface area contributed by atoms with Gasteiger partial charge in [-0.15, -0.1) is 0 Å². The lowest BCUT2D eigenvalue weighted by Crippen LogP contribution is -2.33. The molecule has 2 aromatic heterocycles. The number of fused-ring (bicyclic) bond motifs is 1. The normalized spacial score (nSPS) is 27.7. The summed E-state index contributed by atoms with van der Waals surface area (Å²) in [4.78, 5) is 17.5. The first-order valence-corrected chi connectivity index (χ1v) is 6.88. The number of ether oxygens (including phenoxy) is 1. The summed E-state index contributed by atoms with van der Waals surface area (Å²) < 4.78 is 6.92. The summed E-state index contributed by atoms with van der Waals surface area (Å²) in [5.41, 5.74) is 6.42. The van der Waals surface area contributed by atoms with Crippen LogP contribution in [0.3, 0.4) is 0 Å². The van der Waals surface area contributed by atoms with Crippen molar-refractivity contribution in [2.75, 3.05) is 31.6 Å². The second-order valence-electron chi connectivity index (χ2n) is 5.14. The third kappa shape index (κ3) is 2.48. The van der Waals surface area contributed by atoms with E-state index in [-0.39, 0.29) is 5.95 Å². The molecule has 1 aliphatic heterocycles. The van der Waals surface area contributed by atoms with Gasteiger partial charge >= 0.3 is 0 Å². The maximum absolute atomic E-state index is 10.1. The molecule has 0 unspecified atom stereocenters. The molecule has 0 bridgehead atoms. The number of hydrogen-bond acceptors (Lipinski definition) is 10. The van der Waals surface area contributed by atoms with Gasteiger partial charge in [0.2, 0.25) is 5.95 Å². The Morgan fingerprint density at radius 1 is 1.39 bits per heavy atom. The molecule has 3 rings (SSSR count). The Hall–Kier alpha value is -2.05. The van der Waals surface area contributed by atoms with Crippen molar-refractivity contribution in [3.63, 3.8) is 0 Å². The van der Waals surface area contributed by atoms with Gasteiger partial charge < -0.3 is 25.8 Å². The molecular formula is C12H18N6O5. The second-order valence-corrected chi connectivity index (χ2v) is 5.14. The minimum atomic E-state index is -1.25. The fourth-order valence-electron chi connectivity index (χ4n) is 2.52. The highest BCUT2D eigenvalue weighted by Gasteiger charge is 2.44. The number of aliphatic hydroxyl groups excluding tert-OH is 3. The summed E-state index contributed by atoms with van der Waals surface area (Å²) >= 11 is 0. The van der Waals surface area contributed by atoms with Gasteiger partial charge in [-0.3, -0.25) is 9.40 Å². The van der Waals surface area contributed by atoms with E-state index in [2.05, 4.69) is 15.0 Å². The van der Waals surface area contributed by atoms with Crippen molar-refractivity contribution >= 4 is 22.9 Å². The molecule has 1 aliphatic rings. The average molecular weight is 326 g/mol. The Kier molecular flexibility index (Phi) is 4.04. The van der Waals surface area contributed by atoms with Crippen molar-refractivity contribution in [1.82, 2.24) is 19.5 Å². The van der Waals surface area contributed by atoms with Crippen LogP contribution in [0.1, 0.15) is 6.23 Å². The van der Waals surface area contributed by atoms with Crippen LogP contribution in [-0.2, 0) is 9.57 Å². The lowest BCUT2D eigenvalue weighted by Gasteiger charge is -2.18. The van der Waals surface area contributed by atoms with Crippen molar-refractivity contribution in [3.8, 4) is 0 Å². The van der Waals surface area contributed by atoms with E-state index in [4.69, 9.17) is 15.3 Å². The summed E-state index contributed by atoms with van der Waals surface area (Å²) in [7, 11) is 3.10. The molecule has 23 heavy (non-hydrogen) atoms. The van der Waals surface area contributed by atoms with Crippen LogP contribution in [0.5, 0.6) is 0 Å². The minimum Gasteiger partial charge on any atom is -0.394 e. The Labute approximate surface area is 130 Å².